The Labute approximate surface area is 126 Å². The molecule has 20 heavy (non-hydrogen) atoms. The van der Waals surface area contributed by atoms with Crippen molar-refractivity contribution in [3.8, 4) is 5.75 Å². The van der Waals surface area contributed by atoms with Crippen LogP contribution in [0.25, 0.3) is 5.76 Å². The van der Waals surface area contributed by atoms with Crippen molar-refractivity contribution in [1.82, 2.24) is 0 Å². The van der Waals surface area contributed by atoms with E-state index in [2.05, 4.69) is 0 Å². The molecule has 1 heterocycles. The Morgan fingerprint density at radius 1 is 1.00 bits per heavy atom. The van der Waals surface area contributed by atoms with E-state index in [9.17, 15) is 8.42 Å². The second kappa shape index (κ2) is 4.81. The first kappa shape index (κ1) is 13.5. The van der Waals surface area contributed by atoms with Crippen LogP contribution in [0, 0.1) is 0 Å². The van der Waals surface area contributed by atoms with Gasteiger partial charge in [0.05, 0.1) is 15.3 Å². The molecule has 0 atom stereocenters. The molecular weight excluding hydrogens is 319 g/mol. The normalized spacial score (nSPS) is 15.6. The summed E-state index contributed by atoms with van der Waals surface area (Å²) in [7, 11) is -3.45. The molecular formula is C14H8Cl2O3S. The first-order valence-electron chi connectivity index (χ1n) is 5.66. The molecule has 0 N–H and O–H groups in total. The monoisotopic (exact) mass is 326 g/mol. The molecule has 2 aromatic rings. The number of halogens is 2. The summed E-state index contributed by atoms with van der Waals surface area (Å²) in [5.41, 5.74) is 0.526. The Hall–Kier alpha value is -1.49. The van der Waals surface area contributed by atoms with Gasteiger partial charge in [-0.05, 0) is 30.3 Å². The van der Waals surface area contributed by atoms with E-state index in [1.165, 1.54) is 6.07 Å². The van der Waals surface area contributed by atoms with Crippen LogP contribution in [0.15, 0.2) is 52.8 Å². The smallest absolute Gasteiger partial charge is 0.204 e. The van der Waals surface area contributed by atoms with Crippen molar-refractivity contribution in [2.75, 3.05) is 0 Å². The molecule has 6 heteroatoms. The lowest BCUT2D eigenvalue weighted by Gasteiger charge is -2.09. The lowest BCUT2D eigenvalue weighted by molar-refractivity contribution is 0.516. The summed E-state index contributed by atoms with van der Waals surface area (Å²) >= 11 is 11.8. The molecule has 0 radical (unpaired) electrons. The van der Waals surface area contributed by atoms with Gasteiger partial charge in [-0.2, -0.15) is 0 Å². The van der Waals surface area contributed by atoms with Gasteiger partial charge in [0.2, 0.25) is 9.84 Å². The third-order valence-electron chi connectivity index (χ3n) is 2.84. The maximum Gasteiger partial charge on any atom is 0.204 e. The number of benzene rings is 2. The largest absolute Gasteiger partial charge is 0.454 e. The van der Waals surface area contributed by atoms with Gasteiger partial charge in [0.25, 0.3) is 0 Å². The first-order valence-corrected chi connectivity index (χ1v) is 7.97. The highest BCUT2D eigenvalue weighted by atomic mass is 35.5. The molecule has 0 aliphatic carbocycles. The number of hydrogen-bond acceptors (Lipinski definition) is 3. The standard InChI is InChI=1S/C14H8Cl2O3S/c15-9-5-6-12(11(16)7-9)19-13-8-20(17,18)14-4-2-1-3-10(13)14/h1-8H. The van der Waals surface area contributed by atoms with Crippen molar-refractivity contribution < 1.29 is 13.2 Å². The van der Waals surface area contributed by atoms with Crippen LogP contribution >= 0.6 is 23.2 Å². The second-order valence-electron chi connectivity index (χ2n) is 4.20. The quantitative estimate of drug-likeness (QED) is 0.832. The summed E-state index contributed by atoms with van der Waals surface area (Å²) in [6.45, 7) is 0. The predicted octanol–water partition coefficient (Wildman–Crippen LogP) is 4.16. The van der Waals surface area contributed by atoms with Gasteiger partial charge in [-0.15, -0.1) is 0 Å². The summed E-state index contributed by atoms with van der Waals surface area (Å²) in [5.74, 6) is 0.610. The van der Waals surface area contributed by atoms with Gasteiger partial charge >= 0.3 is 0 Å². The van der Waals surface area contributed by atoms with Crippen molar-refractivity contribution in [1.29, 1.82) is 0 Å². The number of sulfone groups is 1. The Kier molecular flexibility index (Phi) is 3.24. The summed E-state index contributed by atoms with van der Waals surface area (Å²) in [6.07, 6.45) is 0. The van der Waals surface area contributed by atoms with Crippen LogP contribution < -0.4 is 4.74 Å². The van der Waals surface area contributed by atoms with Crippen LogP contribution in [-0.4, -0.2) is 8.42 Å². The Balaban J connectivity index is 2.05. The average molecular weight is 327 g/mol. The van der Waals surface area contributed by atoms with Gasteiger partial charge in [0.15, 0.2) is 0 Å². The molecule has 0 unspecified atom stereocenters. The number of rotatable bonds is 2. The maximum atomic E-state index is 12.0. The molecule has 0 saturated heterocycles. The van der Waals surface area contributed by atoms with E-state index >= 15 is 0 Å². The second-order valence-corrected chi connectivity index (χ2v) is 6.81. The van der Waals surface area contributed by atoms with E-state index in [-0.39, 0.29) is 10.7 Å². The number of fused-ring (bicyclic) bond motifs is 1. The molecule has 2 aromatic carbocycles. The minimum absolute atomic E-state index is 0.236. The predicted molar refractivity (Wildman–Crippen MR) is 78.7 cm³/mol. The first-order chi connectivity index (χ1) is 9.47. The molecule has 0 bridgehead atoms. The minimum atomic E-state index is -3.45. The van der Waals surface area contributed by atoms with Crippen LogP contribution in [-0.2, 0) is 9.84 Å². The fourth-order valence-corrected chi connectivity index (χ4v) is 3.72. The molecule has 3 rings (SSSR count). The highest BCUT2D eigenvalue weighted by Crippen LogP contribution is 2.37. The van der Waals surface area contributed by atoms with Gasteiger partial charge < -0.3 is 4.74 Å². The summed E-state index contributed by atoms with van der Waals surface area (Å²) < 4.78 is 29.6. The minimum Gasteiger partial charge on any atom is -0.454 e. The molecule has 1 aliphatic rings. The Morgan fingerprint density at radius 2 is 1.75 bits per heavy atom. The lowest BCUT2D eigenvalue weighted by atomic mass is 10.2. The van der Waals surface area contributed by atoms with Gasteiger partial charge in [-0.3, -0.25) is 0 Å². The van der Waals surface area contributed by atoms with Crippen LogP contribution in [0.2, 0.25) is 10.0 Å². The fourth-order valence-electron chi connectivity index (χ4n) is 1.94. The Morgan fingerprint density at radius 3 is 2.50 bits per heavy atom. The van der Waals surface area contributed by atoms with Crippen LogP contribution in [0.1, 0.15) is 5.56 Å². The molecule has 102 valence electrons. The molecule has 3 nitrogen and oxygen atoms in total. The maximum absolute atomic E-state index is 12.0. The van der Waals surface area contributed by atoms with Crippen molar-refractivity contribution in [2.24, 2.45) is 0 Å². The molecule has 0 spiro atoms. The zero-order chi connectivity index (χ0) is 14.3. The third-order valence-corrected chi connectivity index (χ3v) is 4.86. The van der Waals surface area contributed by atoms with Crippen molar-refractivity contribution in [3.05, 3.63) is 63.5 Å². The topological polar surface area (TPSA) is 43.4 Å². The zero-order valence-electron chi connectivity index (χ0n) is 10.0. The van der Waals surface area contributed by atoms with E-state index in [1.807, 2.05) is 0 Å². The van der Waals surface area contributed by atoms with Crippen molar-refractivity contribution in [3.63, 3.8) is 0 Å². The molecule has 0 saturated carbocycles. The van der Waals surface area contributed by atoms with E-state index in [1.54, 1.807) is 36.4 Å². The summed E-state index contributed by atoms with van der Waals surface area (Å²) in [6, 6.07) is 11.4. The summed E-state index contributed by atoms with van der Waals surface area (Å²) in [5, 5.41) is 1.90. The highest BCUT2D eigenvalue weighted by molar-refractivity contribution is 7.94. The molecule has 0 amide bonds. The molecule has 1 aliphatic heterocycles. The van der Waals surface area contributed by atoms with E-state index in [0.717, 1.165) is 5.41 Å². The number of hydrogen-bond donors (Lipinski definition) is 0. The van der Waals surface area contributed by atoms with Gasteiger partial charge in [-0.1, -0.05) is 35.3 Å². The van der Waals surface area contributed by atoms with E-state index in [0.29, 0.717) is 21.4 Å². The van der Waals surface area contributed by atoms with Crippen molar-refractivity contribution >= 4 is 38.8 Å². The molecule has 0 aromatic heterocycles. The van der Waals surface area contributed by atoms with Gasteiger partial charge in [0, 0.05) is 10.6 Å². The van der Waals surface area contributed by atoms with Crippen LogP contribution in [0.5, 0.6) is 5.75 Å². The van der Waals surface area contributed by atoms with E-state index in [4.69, 9.17) is 27.9 Å². The third kappa shape index (κ3) is 2.30. The average Bonchev–Trinajstić information content (AvgIpc) is 2.65. The molecule has 0 fully saturated rings. The zero-order valence-corrected chi connectivity index (χ0v) is 12.3. The SMILES string of the molecule is O=S1(=O)C=C(Oc2ccc(Cl)cc2Cl)c2ccccc21. The fraction of sp³-hybridized carbons (Fsp3) is 0. The number of ether oxygens (including phenoxy) is 1. The highest BCUT2D eigenvalue weighted by Gasteiger charge is 2.28. The van der Waals surface area contributed by atoms with E-state index < -0.39 is 9.84 Å². The van der Waals surface area contributed by atoms with Crippen molar-refractivity contribution in [2.45, 2.75) is 4.90 Å². The van der Waals surface area contributed by atoms with Crippen LogP contribution in [0.4, 0.5) is 0 Å². The lowest BCUT2D eigenvalue weighted by Crippen LogP contribution is -1.94. The van der Waals surface area contributed by atoms with Gasteiger partial charge in [0.1, 0.15) is 11.5 Å². The summed E-state index contributed by atoms with van der Waals surface area (Å²) in [4.78, 5) is 0.236. The van der Waals surface area contributed by atoms with Crippen LogP contribution in [0.3, 0.4) is 0 Å². The Bertz CT molecular complexity index is 826. The van der Waals surface area contributed by atoms with Gasteiger partial charge in [-0.25, -0.2) is 8.42 Å².